The van der Waals surface area contributed by atoms with Crippen LogP contribution < -0.4 is 0 Å². The van der Waals surface area contributed by atoms with Gasteiger partial charge in [-0.05, 0) is 55.8 Å². The molecule has 0 spiro atoms. The fraction of sp³-hybridized carbons (Fsp3) is 0.192. The van der Waals surface area contributed by atoms with Crippen molar-refractivity contribution in [3.05, 3.63) is 101 Å². The lowest BCUT2D eigenvalue weighted by atomic mass is 10.1. The molecule has 0 atom stereocenters. The molecular weight excluding hydrogens is 482 g/mol. The van der Waals surface area contributed by atoms with Gasteiger partial charge in [0.2, 0.25) is 0 Å². The Labute approximate surface area is 209 Å². The number of rotatable bonds is 9. The Hall–Kier alpha value is -3.43. The number of benzene rings is 3. The summed E-state index contributed by atoms with van der Waals surface area (Å²) in [6, 6.07) is 23.4. The van der Waals surface area contributed by atoms with Gasteiger partial charge >= 0.3 is 5.97 Å². The molecule has 0 saturated carbocycles. The highest BCUT2D eigenvalue weighted by Crippen LogP contribution is 2.27. The summed E-state index contributed by atoms with van der Waals surface area (Å²) in [5, 5.41) is 9.13. The minimum absolute atomic E-state index is 0.251. The van der Waals surface area contributed by atoms with E-state index in [1.165, 1.54) is 11.8 Å². The third-order valence-corrected chi connectivity index (χ3v) is 7.88. The van der Waals surface area contributed by atoms with Crippen molar-refractivity contribution in [1.82, 2.24) is 14.8 Å². The summed E-state index contributed by atoms with van der Waals surface area (Å²) in [4.78, 5) is 12.1. The van der Waals surface area contributed by atoms with Crippen LogP contribution in [-0.4, -0.2) is 35.8 Å². The first-order valence-electron chi connectivity index (χ1n) is 11.1. The van der Waals surface area contributed by atoms with Gasteiger partial charge in [-0.1, -0.05) is 59.8 Å². The first kappa shape index (κ1) is 24.7. The summed E-state index contributed by atoms with van der Waals surface area (Å²) in [5.74, 6) is 0.290. The molecule has 4 aromatic rings. The highest BCUT2D eigenvalue weighted by molar-refractivity contribution is 7.98. The van der Waals surface area contributed by atoms with E-state index in [9.17, 15) is 13.2 Å². The number of nitrogens with zero attached hydrogens (tertiary/aromatic N) is 3. The van der Waals surface area contributed by atoms with Gasteiger partial charge in [-0.25, -0.2) is 13.2 Å². The van der Waals surface area contributed by atoms with Gasteiger partial charge in [0, 0.05) is 11.4 Å². The van der Waals surface area contributed by atoms with E-state index in [0.717, 1.165) is 16.8 Å². The second-order valence-corrected chi connectivity index (χ2v) is 10.8. The number of hydrogen-bond donors (Lipinski definition) is 0. The first-order valence-corrected chi connectivity index (χ1v) is 13.7. The smallest absolute Gasteiger partial charge is 0.338 e. The van der Waals surface area contributed by atoms with E-state index in [1.54, 1.807) is 47.9 Å². The van der Waals surface area contributed by atoms with Gasteiger partial charge < -0.3 is 4.74 Å². The zero-order valence-corrected chi connectivity index (χ0v) is 21.1. The predicted octanol–water partition coefficient (Wildman–Crippen LogP) is 5.02. The van der Waals surface area contributed by atoms with Crippen LogP contribution >= 0.6 is 11.8 Å². The maximum Gasteiger partial charge on any atom is 0.338 e. The Balaban J connectivity index is 1.59. The number of esters is 1. The van der Waals surface area contributed by atoms with Crippen LogP contribution in [0.25, 0.3) is 5.69 Å². The number of carbonyl (C=O) groups excluding carboxylic acids is 1. The molecule has 35 heavy (non-hydrogen) atoms. The van der Waals surface area contributed by atoms with E-state index >= 15 is 0 Å². The van der Waals surface area contributed by atoms with Gasteiger partial charge in [-0.2, -0.15) is 0 Å². The summed E-state index contributed by atoms with van der Waals surface area (Å²) < 4.78 is 33.0. The van der Waals surface area contributed by atoms with E-state index < -0.39 is 9.84 Å². The summed E-state index contributed by atoms with van der Waals surface area (Å²) in [6.07, 6.45) is 0. The molecule has 0 unspecified atom stereocenters. The molecule has 7 nitrogen and oxygen atoms in total. The number of aryl methyl sites for hydroxylation is 1. The summed E-state index contributed by atoms with van der Waals surface area (Å²) in [6.45, 7) is 4.01. The molecule has 3 aromatic carbocycles. The van der Waals surface area contributed by atoms with Crippen LogP contribution in [0.15, 0.2) is 88.9 Å². The van der Waals surface area contributed by atoms with Crippen molar-refractivity contribution in [1.29, 1.82) is 0 Å². The maximum absolute atomic E-state index is 13.1. The molecular formula is C26H25N3O4S2. The van der Waals surface area contributed by atoms with Crippen molar-refractivity contribution in [2.24, 2.45) is 0 Å². The number of ether oxygens (including phenoxy) is 1. The topological polar surface area (TPSA) is 91.2 Å². The third kappa shape index (κ3) is 5.98. The average molecular weight is 508 g/mol. The van der Waals surface area contributed by atoms with Crippen LogP contribution in [-0.2, 0) is 26.1 Å². The molecule has 0 radical (unpaired) electrons. The van der Waals surface area contributed by atoms with Crippen molar-refractivity contribution < 1.29 is 17.9 Å². The second-order valence-electron chi connectivity index (χ2n) is 7.85. The van der Waals surface area contributed by atoms with Crippen molar-refractivity contribution in [3.63, 3.8) is 0 Å². The Morgan fingerprint density at radius 2 is 1.63 bits per heavy atom. The molecule has 0 amide bonds. The second kappa shape index (κ2) is 10.9. The molecule has 0 bridgehead atoms. The van der Waals surface area contributed by atoms with E-state index in [0.29, 0.717) is 28.9 Å². The first-order chi connectivity index (χ1) is 16.9. The number of sulfone groups is 1. The lowest BCUT2D eigenvalue weighted by Crippen LogP contribution is -2.11. The quantitative estimate of drug-likeness (QED) is 0.232. The molecule has 4 rings (SSSR count). The lowest BCUT2D eigenvalue weighted by molar-refractivity contribution is 0.0526. The average Bonchev–Trinajstić information content (AvgIpc) is 3.25. The minimum atomic E-state index is -3.61. The summed E-state index contributed by atoms with van der Waals surface area (Å²) in [7, 11) is -3.61. The Kier molecular flexibility index (Phi) is 7.67. The van der Waals surface area contributed by atoms with Gasteiger partial charge in [-0.3, -0.25) is 4.57 Å². The fourth-order valence-electron chi connectivity index (χ4n) is 3.42. The zero-order valence-electron chi connectivity index (χ0n) is 19.4. The predicted molar refractivity (Wildman–Crippen MR) is 135 cm³/mol. The van der Waals surface area contributed by atoms with Crippen molar-refractivity contribution in [2.45, 2.75) is 35.4 Å². The summed E-state index contributed by atoms with van der Waals surface area (Å²) >= 11 is 1.44. The largest absolute Gasteiger partial charge is 0.462 e. The summed E-state index contributed by atoms with van der Waals surface area (Å²) in [5.41, 5.74) is 3.26. The molecule has 9 heteroatoms. The Morgan fingerprint density at radius 1 is 0.943 bits per heavy atom. The standard InChI is InChI=1S/C26H25N3O4S2/c1-3-33-25(30)21-13-11-20(12-14-21)17-34-26-28-27-24(29(26)22-7-5-4-6-8-22)18-35(31,32)23-15-9-19(2)10-16-23/h4-16H,3,17-18H2,1-2H3. The third-order valence-electron chi connectivity index (χ3n) is 5.25. The Morgan fingerprint density at radius 3 is 2.29 bits per heavy atom. The van der Waals surface area contributed by atoms with Crippen LogP contribution in [0.4, 0.5) is 0 Å². The molecule has 1 heterocycles. The molecule has 0 aliphatic heterocycles. The number of para-hydroxylation sites is 1. The number of carbonyl (C=O) groups is 1. The van der Waals surface area contributed by atoms with Crippen molar-refractivity contribution in [2.75, 3.05) is 6.61 Å². The Bertz CT molecular complexity index is 1400. The van der Waals surface area contributed by atoms with Crippen LogP contribution in [0.2, 0.25) is 0 Å². The molecule has 0 fully saturated rings. The number of aromatic nitrogens is 3. The van der Waals surface area contributed by atoms with Crippen molar-refractivity contribution >= 4 is 27.6 Å². The normalized spacial score (nSPS) is 11.4. The lowest BCUT2D eigenvalue weighted by Gasteiger charge is -2.11. The van der Waals surface area contributed by atoms with Crippen molar-refractivity contribution in [3.8, 4) is 5.69 Å². The van der Waals surface area contributed by atoms with Gasteiger partial charge in [0.1, 0.15) is 5.75 Å². The number of thioether (sulfide) groups is 1. The molecule has 1 aromatic heterocycles. The fourth-order valence-corrected chi connectivity index (χ4v) is 5.59. The van der Waals surface area contributed by atoms with Gasteiger partial charge in [-0.15, -0.1) is 10.2 Å². The molecule has 0 aliphatic carbocycles. The van der Waals surface area contributed by atoms with Gasteiger partial charge in [0.15, 0.2) is 20.8 Å². The van der Waals surface area contributed by atoms with E-state index in [4.69, 9.17) is 4.74 Å². The highest BCUT2D eigenvalue weighted by Gasteiger charge is 2.22. The van der Waals surface area contributed by atoms with Crippen LogP contribution in [0.5, 0.6) is 0 Å². The number of hydrogen-bond acceptors (Lipinski definition) is 7. The van der Waals surface area contributed by atoms with E-state index in [2.05, 4.69) is 10.2 Å². The monoisotopic (exact) mass is 507 g/mol. The molecule has 0 N–H and O–H groups in total. The maximum atomic E-state index is 13.1. The zero-order chi connectivity index (χ0) is 24.8. The molecule has 0 saturated heterocycles. The van der Waals surface area contributed by atoms with Crippen LogP contribution in [0, 0.1) is 6.92 Å². The minimum Gasteiger partial charge on any atom is -0.462 e. The van der Waals surface area contributed by atoms with Gasteiger partial charge in [0.25, 0.3) is 0 Å². The van der Waals surface area contributed by atoms with Crippen LogP contribution in [0.1, 0.15) is 34.2 Å². The van der Waals surface area contributed by atoms with Gasteiger partial charge in [0.05, 0.1) is 17.1 Å². The van der Waals surface area contributed by atoms with Crippen LogP contribution in [0.3, 0.4) is 0 Å². The SMILES string of the molecule is CCOC(=O)c1ccc(CSc2nnc(CS(=O)(=O)c3ccc(C)cc3)n2-c2ccccc2)cc1. The van der Waals surface area contributed by atoms with E-state index in [1.807, 2.05) is 49.4 Å². The molecule has 0 aliphatic rings. The van der Waals surface area contributed by atoms with E-state index in [-0.39, 0.29) is 16.6 Å². The molecule has 180 valence electrons. The highest BCUT2D eigenvalue weighted by atomic mass is 32.2.